The number of anilines is 1. The summed E-state index contributed by atoms with van der Waals surface area (Å²) in [5, 5.41) is 3.51. The Labute approximate surface area is 246 Å². The molecule has 1 unspecified atom stereocenters. The molecule has 0 aromatic heterocycles. The van der Waals surface area contributed by atoms with Gasteiger partial charge in [0.05, 0.1) is 10.6 Å². The molecule has 0 heterocycles. The summed E-state index contributed by atoms with van der Waals surface area (Å²) in [4.78, 5) is 29.0. The fourth-order valence-electron chi connectivity index (χ4n) is 5.07. The van der Waals surface area contributed by atoms with Gasteiger partial charge < -0.3 is 10.2 Å². The van der Waals surface area contributed by atoms with E-state index in [2.05, 4.69) is 5.32 Å². The Bertz CT molecular complexity index is 1460. The largest absolute Gasteiger partial charge is 0.352 e. The van der Waals surface area contributed by atoms with Crippen LogP contribution in [0.1, 0.15) is 50.2 Å². The van der Waals surface area contributed by atoms with Crippen LogP contribution in [0.4, 0.5) is 10.1 Å². The van der Waals surface area contributed by atoms with E-state index in [0.717, 1.165) is 47.7 Å². The molecule has 3 aromatic carbocycles. The van der Waals surface area contributed by atoms with Crippen molar-refractivity contribution in [1.82, 2.24) is 10.2 Å². The molecule has 0 aliphatic heterocycles. The normalized spacial score (nSPS) is 14.4. The SMILES string of the molecule is CCC(C(=O)NC1CCCC1)N(Cc1ccccc1Cl)C(=O)CN(c1ccc(F)cc1)S(=O)(=O)c1ccc(C)cc1. The molecule has 0 radical (unpaired) electrons. The lowest BCUT2D eigenvalue weighted by Crippen LogP contribution is -2.53. The van der Waals surface area contributed by atoms with Gasteiger partial charge in [-0.05, 0) is 74.2 Å². The lowest BCUT2D eigenvalue weighted by Gasteiger charge is -2.34. The number of amides is 2. The van der Waals surface area contributed by atoms with Gasteiger partial charge in [-0.3, -0.25) is 13.9 Å². The standard InChI is InChI=1S/C31H35ClFN3O4S/c1-3-29(31(38)34-25-9-5-6-10-25)35(20-23-8-4-7-11-28(23)32)30(37)21-36(26-16-14-24(33)15-17-26)41(39,40)27-18-12-22(2)13-19-27/h4,7-8,11-19,25,29H,3,5-6,9-10,20-21H2,1-2H3,(H,34,38). The highest BCUT2D eigenvalue weighted by atomic mass is 35.5. The van der Waals surface area contributed by atoms with Crippen molar-refractivity contribution in [2.75, 3.05) is 10.8 Å². The smallest absolute Gasteiger partial charge is 0.264 e. The molecule has 1 N–H and O–H groups in total. The van der Waals surface area contributed by atoms with E-state index in [4.69, 9.17) is 11.6 Å². The van der Waals surface area contributed by atoms with Gasteiger partial charge in [0.1, 0.15) is 18.4 Å². The molecule has 1 aliphatic carbocycles. The van der Waals surface area contributed by atoms with Crippen molar-refractivity contribution >= 4 is 39.1 Å². The summed E-state index contributed by atoms with van der Waals surface area (Å²) in [6.45, 7) is 3.06. The molecular weight excluding hydrogens is 565 g/mol. The third-order valence-electron chi connectivity index (χ3n) is 7.39. The summed E-state index contributed by atoms with van der Waals surface area (Å²) in [5.41, 5.74) is 1.63. The number of aryl methyl sites for hydroxylation is 1. The predicted octanol–water partition coefficient (Wildman–Crippen LogP) is 5.85. The maximum atomic E-state index is 14.1. The van der Waals surface area contributed by atoms with Crippen molar-refractivity contribution < 1.29 is 22.4 Å². The average molecular weight is 600 g/mol. The minimum absolute atomic E-state index is 0.0103. The van der Waals surface area contributed by atoms with E-state index in [9.17, 15) is 22.4 Å². The third kappa shape index (κ3) is 7.45. The fraction of sp³-hybridized carbons (Fsp3) is 0.355. The van der Waals surface area contributed by atoms with Crippen LogP contribution in [0, 0.1) is 12.7 Å². The van der Waals surface area contributed by atoms with Crippen molar-refractivity contribution in [3.05, 3.63) is 94.8 Å². The van der Waals surface area contributed by atoms with E-state index in [0.29, 0.717) is 17.0 Å². The maximum absolute atomic E-state index is 14.1. The Morgan fingerprint density at radius 1 is 1.00 bits per heavy atom. The Kier molecular flexibility index (Phi) is 10.0. The zero-order chi connectivity index (χ0) is 29.6. The van der Waals surface area contributed by atoms with Crippen LogP contribution >= 0.6 is 11.6 Å². The number of carbonyl (C=O) groups is 2. The number of sulfonamides is 1. The molecule has 0 saturated heterocycles. The Balaban J connectivity index is 1.72. The molecule has 2 amide bonds. The Morgan fingerprint density at radius 2 is 1.63 bits per heavy atom. The molecule has 218 valence electrons. The zero-order valence-electron chi connectivity index (χ0n) is 23.2. The van der Waals surface area contributed by atoms with Gasteiger partial charge in [0, 0.05) is 17.6 Å². The van der Waals surface area contributed by atoms with Crippen molar-refractivity contribution in [3.63, 3.8) is 0 Å². The number of nitrogens with zero attached hydrogens (tertiary/aromatic N) is 2. The number of carbonyl (C=O) groups excluding carboxylic acids is 2. The van der Waals surface area contributed by atoms with Gasteiger partial charge in [0.2, 0.25) is 11.8 Å². The van der Waals surface area contributed by atoms with E-state index in [-0.39, 0.29) is 29.1 Å². The van der Waals surface area contributed by atoms with Gasteiger partial charge in [-0.2, -0.15) is 0 Å². The van der Waals surface area contributed by atoms with Crippen LogP contribution in [0.25, 0.3) is 0 Å². The first-order chi connectivity index (χ1) is 19.6. The van der Waals surface area contributed by atoms with E-state index < -0.39 is 34.3 Å². The first kappa shape index (κ1) is 30.5. The van der Waals surface area contributed by atoms with Crippen molar-refractivity contribution in [3.8, 4) is 0 Å². The molecule has 4 rings (SSSR count). The Morgan fingerprint density at radius 3 is 2.24 bits per heavy atom. The zero-order valence-corrected chi connectivity index (χ0v) is 24.8. The van der Waals surface area contributed by atoms with Gasteiger partial charge in [-0.25, -0.2) is 12.8 Å². The lowest BCUT2D eigenvalue weighted by atomic mass is 10.1. The van der Waals surface area contributed by atoms with Crippen LogP contribution in [0.5, 0.6) is 0 Å². The quantitative estimate of drug-likeness (QED) is 0.300. The van der Waals surface area contributed by atoms with E-state index in [1.165, 1.54) is 29.2 Å². The van der Waals surface area contributed by atoms with E-state index in [1.54, 1.807) is 36.4 Å². The summed E-state index contributed by atoms with van der Waals surface area (Å²) < 4.78 is 42.5. The predicted molar refractivity (Wildman–Crippen MR) is 159 cm³/mol. The van der Waals surface area contributed by atoms with E-state index in [1.807, 2.05) is 13.8 Å². The molecule has 1 saturated carbocycles. The number of nitrogens with one attached hydrogen (secondary N) is 1. The highest BCUT2D eigenvalue weighted by Crippen LogP contribution is 2.27. The highest BCUT2D eigenvalue weighted by molar-refractivity contribution is 7.92. The van der Waals surface area contributed by atoms with Gasteiger partial charge in [-0.15, -0.1) is 0 Å². The molecule has 41 heavy (non-hydrogen) atoms. The van der Waals surface area contributed by atoms with Crippen LogP contribution in [0.3, 0.4) is 0 Å². The minimum atomic E-state index is -4.23. The lowest BCUT2D eigenvalue weighted by molar-refractivity contribution is -0.140. The van der Waals surface area contributed by atoms with Gasteiger partial charge in [0.25, 0.3) is 10.0 Å². The second kappa shape index (κ2) is 13.5. The number of hydrogen-bond acceptors (Lipinski definition) is 4. The first-order valence-electron chi connectivity index (χ1n) is 13.8. The minimum Gasteiger partial charge on any atom is -0.352 e. The molecule has 0 bridgehead atoms. The summed E-state index contributed by atoms with van der Waals surface area (Å²) in [7, 11) is -4.23. The summed E-state index contributed by atoms with van der Waals surface area (Å²) >= 11 is 6.44. The molecule has 1 atom stereocenters. The molecule has 0 spiro atoms. The summed E-state index contributed by atoms with van der Waals surface area (Å²) in [5.74, 6) is -1.41. The van der Waals surface area contributed by atoms with Crippen LogP contribution < -0.4 is 9.62 Å². The van der Waals surface area contributed by atoms with Gasteiger partial charge in [-0.1, -0.05) is 67.3 Å². The maximum Gasteiger partial charge on any atom is 0.264 e. The molecule has 7 nitrogen and oxygen atoms in total. The van der Waals surface area contributed by atoms with Crippen molar-refractivity contribution in [2.24, 2.45) is 0 Å². The second-order valence-electron chi connectivity index (χ2n) is 10.3. The Hall–Kier alpha value is -3.43. The van der Waals surface area contributed by atoms with Crippen LogP contribution in [0.15, 0.2) is 77.7 Å². The first-order valence-corrected chi connectivity index (χ1v) is 15.6. The third-order valence-corrected chi connectivity index (χ3v) is 9.55. The highest BCUT2D eigenvalue weighted by Gasteiger charge is 2.34. The average Bonchev–Trinajstić information content (AvgIpc) is 3.46. The van der Waals surface area contributed by atoms with Crippen LogP contribution in [0.2, 0.25) is 5.02 Å². The molecule has 1 fully saturated rings. The summed E-state index contributed by atoms with van der Waals surface area (Å²) in [6, 6.07) is 17.4. The number of benzene rings is 3. The number of hydrogen-bond donors (Lipinski definition) is 1. The van der Waals surface area contributed by atoms with E-state index >= 15 is 0 Å². The van der Waals surface area contributed by atoms with Gasteiger partial charge in [0.15, 0.2) is 0 Å². The number of rotatable bonds is 11. The summed E-state index contributed by atoms with van der Waals surface area (Å²) in [6.07, 6.45) is 4.15. The second-order valence-corrected chi connectivity index (χ2v) is 12.6. The molecule has 1 aliphatic rings. The van der Waals surface area contributed by atoms with Crippen molar-refractivity contribution in [2.45, 2.75) is 69.5 Å². The van der Waals surface area contributed by atoms with Crippen LogP contribution in [-0.4, -0.2) is 43.8 Å². The molecule has 3 aromatic rings. The van der Waals surface area contributed by atoms with Crippen LogP contribution in [-0.2, 0) is 26.2 Å². The monoisotopic (exact) mass is 599 g/mol. The number of halogens is 2. The van der Waals surface area contributed by atoms with Crippen molar-refractivity contribution in [1.29, 1.82) is 0 Å². The molecular formula is C31H35ClFN3O4S. The topological polar surface area (TPSA) is 86.8 Å². The van der Waals surface area contributed by atoms with Gasteiger partial charge >= 0.3 is 0 Å². The molecule has 10 heteroatoms. The fourth-order valence-corrected chi connectivity index (χ4v) is 6.68.